The van der Waals surface area contributed by atoms with Gasteiger partial charge in [-0.15, -0.1) is 0 Å². The second-order valence-corrected chi connectivity index (χ2v) is 4.35. The highest BCUT2D eigenvalue weighted by Crippen LogP contribution is 2.20. The van der Waals surface area contributed by atoms with Gasteiger partial charge in [0.15, 0.2) is 5.82 Å². The maximum Gasteiger partial charge on any atom is 0.157 e. The summed E-state index contributed by atoms with van der Waals surface area (Å²) in [6.07, 6.45) is 9.21. The lowest BCUT2D eigenvalue weighted by Crippen LogP contribution is -2.12. The molecule has 0 saturated carbocycles. The molecule has 0 aromatic carbocycles. The van der Waals surface area contributed by atoms with Crippen LogP contribution in [0.2, 0.25) is 0 Å². The van der Waals surface area contributed by atoms with Crippen molar-refractivity contribution in [3.8, 4) is 11.5 Å². The van der Waals surface area contributed by atoms with Crippen molar-refractivity contribution in [1.82, 2.24) is 25.3 Å². The van der Waals surface area contributed by atoms with Gasteiger partial charge in [-0.1, -0.05) is 0 Å². The van der Waals surface area contributed by atoms with Gasteiger partial charge in [0.1, 0.15) is 5.69 Å². The lowest BCUT2D eigenvalue weighted by molar-refractivity contribution is 0.571. The van der Waals surface area contributed by atoms with Gasteiger partial charge in [-0.05, 0) is 31.8 Å². The van der Waals surface area contributed by atoms with E-state index in [0.29, 0.717) is 5.92 Å². The predicted molar refractivity (Wildman–Crippen MR) is 64.3 cm³/mol. The average Bonchev–Trinajstić information content (AvgIpc) is 3.01. The Labute approximate surface area is 99.7 Å². The summed E-state index contributed by atoms with van der Waals surface area (Å²) >= 11 is 0. The number of hydrogen-bond donors (Lipinski definition) is 2. The van der Waals surface area contributed by atoms with E-state index < -0.39 is 0 Å². The SMILES string of the molecule is c1c[nH]c(-c2nccnc2C[C@@H]2CCNC2)n1. The number of nitrogens with one attached hydrogen (secondary N) is 2. The highest BCUT2D eigenvalue weighted by molar-refractivity contribution is 5.51. The monoisotopic (exact) mass is 229 g/mol. The second-order valence-electron chi connectivity index (χ2n) is 4.35. The van der Waals surface area contributed by atoms with E-state index in [1.807, 2.05) is 6.20 Å². The molecule has 3 rings (SSSR count). The second kappa shape index (κ2) is 4.63. The molecule has 2 N–H and O–H groups in total. The van der Waals surface area contributed by atoms with E-state index in [1.165, 1.54) is 6.42 Å². The summed E-state index contributed by atoms with van der Waals surface area (Å²) in [7, 11) is 0. The first-order valence-corrected chi connectivity index (χ1v) is 5.94. The van der Waals surface area contributed by atoms with E-state index in [1.54, 1.807) is 18.6 Å². The van der Waals surface area contributed by atoms with Crippen LogP contribution in [-0.4, -0.2) is 33.0 Å². The minimum absolute atomic E-state index is 0.667. The summed E-state index contributed by atoms with van der Waals surface area (Å²) in [5.41, 5.74) is 1.92. The molecular weight excluding hydrogens is 214 g/mol. The van der Waals surface area contributed by atoms with Gasteiger partial charge < -0.3 is 10.3 Å². The third-order valence-electron chi connectivity index (χ3n) is 3.14. The minimum Gasteiger partial charge on any atom is -0.343 e. The Kier molecular flexibility index (Phi) is 2.83. The summed E-state index contributed by atoms with van der Waals surface area (Å²) in [6, 6.07) is 0. The van der Waals surface area contributed by atoms with Gasteiger partial charge in [0.05, 0.1) is 5.69 Å². The Morgan fingerprint density at radius 1 is 1.18 bits per heavy atom. The quantitative estimate of drug-likeness (QED) is 0.824. The fourth-order valence-corrected chi connectivity index (χ4v) is 2.27. The van der Waals surface area contributed by atoms with Gasteiger partial charge in [-0.3, -0.25) is 4.98 Å². The summed E-state index contributed by atoms with van der Waals surface area (Å²) in [4.78, 5) is 16.2. The van der Waals surface area contributed by atoms with Crippen molar-refractivity contribution in [2.45, 2.75) is 12.8 Å². The van der Waals surface area contributed by atoms with E-state index >= 15 is 0 Å². The van der Waals surface area contributed by atoms with E-state index in [2.05, 4.69) is 25.3 Å². The zero-order valence-electron chi connectivity index (χ0n) is 9.56. The van der Waals surface area contributed by atoms with Crippen LogP contribution in [0.1, 0.15) is 12.1 Å². The molecule has 2 aromatic rings. The van der Waals surface area contributed by atoms with Gasteiger partial charge in [0, 0.05) is 24.8 Å². The van der Waals surface area contributed by atoms with Crippen molar-refractivity contribution in [3.63, 3.8) is 0 Å². The number of rotatable bonds is 3. The van der Waals surface area contributed by atoms with Gasteiger partial charge in [-0.25, -0.2) is 9.97 Å². The fraction of sp³-hybridized carbons (Fsp3) is 0.417. The van der Waals surface area contributed by atoms with Crippen LogP contribution in [0, 0.1) is 5.92 Å². The Bertz CT molecular complexity index is 473. The summed E-state index contributed by atoms with van der Waals surface area (Å²) in [5.74, 6) is 1.47. The molecule has 1 aliphatic rings. The normalized spacial score (nSPS) is 19.6. The Hall–Kier alpha value is -1.75. The maximum atomic E-state index is 4.45. The largest absolute Gasteiger partial charge is 0.343 e. The number of hydrogen-bond acceptors (Lipinski definition) is 4. The van der Waals surface area contributed by atoms with E-state index in [-0.39, 0.29) is 0 Å². The molecule has 1 aliphatic heterocycles. The van der Waals surface area contributed by atoms with E-state index in [0.717, 1.165) is 36.7 Å². The van der Waals surface area contributed by atoms with Crippen LogP contribution in [-0.2, 0) is 6.42 Å². The molecule has 1 atom stereocenters. The minimum atomic E-state index is 0.667. The number of imidazole rings is 1. The number of H-pyrrole nitrogens is 1. The summed E-state index contributed by atoms with van der Waals surface area (Å²) in [6.45, 7) is 2.19. The zero-order chi connectivity index (χ0) is 11.5. The predicted octanol–water partition coefficient (Wildman–Crippen LogP) is 1.02. The van der Waals surface area contributed by atoms with Crippen molar-refractivity contribution >= 4 is 0 Å². The van der Waals surface area contributed by atoms with Crippen molar-refractivity contribution in [2.75, 3.05) is 13.1 Å². The highest BCUT2D eigenvalue weighted by atomic mass is 14.9. The molecule has 0 radical (unpaired) electrons. The highest BCUT2D eigenvalue weighted by Gasteiger charge is 2.18. The third-order valence-corrected chi connectivity index (χ3v) is 3.14. The van der Waals surface area contributed by atoms with Crippen molar-refractivity contribution in [2.24, 2.45) is 5.92 Å². The van der Waals surface area contributed by atoms with Crippen LogP contribution >= 0.6 is 0 Å². The van der Waals surface area contributed by atoms with Gasteiger partial charge in [0.25, 0.3) is 0 Å². The molecule has 0 bridgehead atoms. The van der Waals surface area contributed by atoms with Crippen LogP contribution < -0.4 is 5.32 Å². The Balaban J connectivity index is 1.88. The third kappa shape index (κ3) is 2.19. The molecule has 88 valence electrons. The molecule has 2 aromatic heterocycles. The molecule has 5 heteroatoms. The lowest BCUT2D eigenvalue weighted by Gasteiger charge is -2.09. The first-order valence-electron chi connectivity index (χ1n) is 5.94. The van der Waals surface area contributed by atoms with Gasteiger partial charge in [-0.2, -0.15) is 0 Å². The van der Waals surface area contributed by atoms with Crippen LogP contribution in [0.15, 0.2) is 24.8 Å². The van der Waals surface area contributed by atoms with Crippen LogP contribution in [0.5, 0.6) is 0 Å². The molecular formula is C12H15N5. The Morgan fingerprint density at radius 3 is 2.88 bits per heavy atom. The summed E-state index contributed by atoms with van der Waals surface area (Å²) < 4.78 is 0. The number of nitrogens with zero attached hydrogens (tertiary/aromatic N) is 3. The van der Waals surface area contributed by atoms with Crippen molar-refractivity contribution in [1.29, 1.82) is 0 Å². The molecule has 3 heterocycles. The topological polar surface area (TPSA) is 66.5 Å². The first-order chi connectivity index (χ1) is 8.43. The zero-order valence-corrected chi connectivity index (χ0v) is 9.56. The standard InChI is InChI=1S/C12H15N5/c1-2-13-8-9(1)7-10-11(15-4-3-14-10)12-16-5-6-17-12/h3-6,9,13H,1-2,7-8H2,(H,16,17)/t9-/m0/s1. The van der Waals surface area contributed by atoms with Gasteiger partial charge >= 0.3 is 0 Å². The van der Waals surface area contributed by atoms with Crippen molar-refractivity contribution < 1.29 is 0 Å². The molecule has 0 spiro atoms. The summed E-state index contributed by atoms with van der Waals surface area (Å²) in [5, 5.41) is 3.38. The molecule has 1 fully saturated rings. The van der Waals surface area contributed by atoms with Crippen molar-refractivity contribution in [3.05, 3.63) is 30.5 Å². The van der Waals surface area contributed by atoms with E-state index in [4.69, 9.17) is 0 Å². The first kappa shape index (κ1) is 10.4. The molecule has 0 amide bonds. The van der Waals surface area contributed by atoms with Crippen LogP contribution in [0.4, 0.5) is 0 Å². The number of aromatic nitrogens is 4. The Morgan fingerprint density at radius 2 is 2.12 bits per heavy atom. The smallest absolute Gasteiger partial charge is 0.157 e. The molecule has 1 saturated heterocycles. The molecule has 5 nitrogen and oxygen atoms in total. The average molecular weight is 229 g/mol. The molecule has 0 aliphatic carbocycles. The fourth-order valence-electron chi connectivity index (χ4n) is 2.27. The van der Waals surface area contributed by atoms with Gasteiger partial charge in [0.2, 0.25) is 0 Å². The van der Waals surface area contributed by atoms with Crippen LogP contribution in [0.3, 0.4) is 0 Å². The number of aromatic amines is 1. The molecule has 17 heavy (non-hydrogen) atoms. The van der Waals surface area contributed by atoms with E-state index in [9.17, 15) is 0 Å². The molecule has 0 unspecified atom stereocenters. The maximum absolute atomic E-state index is 4.45. The van der Waals surface area contributed by atoms with Crippen LogP contribution in [0.25, 0.3) is 11.5 Å². The lowest BCUT2D eigenvalue weighted by atomic mass is 10.0.